The summed E-state index contributed by atoms with van der Waals surface area (Å²) in [5.41, 5.74) is -1.20. The van der Waals surface area contributed by atoms with Crippen LogP contribution in [0, 0.1) is 11.8 Å². The van der Waals surface area contributed by atoms with E-state index in [2.05, 4.69) is 0 Å². The molecule has 6 nitrogen and oxygen atoms in total. The zero-order valence-corrected chi connectivity index (χ0v) is 23.4. The number of ether oxygens (including phenoxy) is 3. The first-order chi connectivity index (χ1) is 17.6. The summed E-state index contributed by atoms with van der Waals surface area (Å²) in [4.78, 5) is 17.3. The number of alkyl halides is 3. The lowest BCUT2D eigenvalue weighted by Gasteiger charge is -2.35. The zero-order chi connectivity index (χ0) is 28.3. The second-order valence-electron chi connectivity index (χ2n) is 11.5. The standard InChI is InChI=1S/C29H40F3NO5/c1-8-22-23(33-25(37-22)19-12-14-21(15-13-19)29(30,31)32)24(35-7)20-11-9-10-18(16-20)17-36-28(5,6)26(34)38-27(2,3)4/h12-15,18,20,24H,8-11,16-17H2,1-7H3/t18-,20+,24?/m0/s1. The van der Waals surface area contributed by atoms with Crippen molar-refractivity contribution in [2.24, 2.45) is 11.8 Å². The molecule has 1 saturated carbocycles. The van der Waals surface area contributed by atoms with Crippen molar-refractivity contribution in [2.75, 3.05) is 13.7 Å². The van der Waals surface area contributed by atoms with E-state index in [9.17, 15) is 18.0 Å². The van der Waals surface area contributed by atoms with Crippen molar-refractivity contribution in [3.63, 3.8) is 0 Å². The van der Waals surface area contributed by atoms with E-state index >= 15 is 0 Å². The first-order valence-corrected chi connectivity index (χ1v) is 13.2. The van der Waals surface area contributed by atoms with Crippen LogP contribution >= 0.6 is 0 Å². The van der Waals surface area contributed by atoms with E-state index in [0.717, 1.165) is 37.8 Å². The molecule has 1 heterocycles. The third-order valence-corrected chi connectivity index (χ3v) is 6.85. The lowest BCUT2D eigenvalue weighted by Crippen LogP contribution is -2.42. The maximum absolute atomic E-state index is 13.0. The van der Waals surface area contributed by atoms with Crippen LogP contribution < -0.4 is 0 Å². The molecule has 0 N–H and O–H groups in total. The molecule has 1 aromatic heterocycles. The van der Waals surface area contributed by atoms with Crippen molar-refractivity contribution in [1.82, 2.24) is 4.98 Å². The second-order valence-corrected chi connectivity index (χ2v) is 11.5. The van der Waals surface area contributed by atoms with Crippen LogP contribution in [0.25, 0.3) is 11.5 Å². The average Bonchev–Trinajstić information content (AvgIpc) is 3.26. The Labute approximate surface area is 223 Å². The highest BCUT2D eigenvalue weighted by atomic mass is 19.4. The van der Waals surface area contributed by atoms with Crippen LogP contribution in [0.15, 0.2) is 28.7 Å². The van der Waals surface area contributed by atoms with Crippen LogP contribution in [-0.4, -0.2) is 35.9 Å². The molecule has 1 fully saturated rings. The lowest BCUT2D eigenvalue weighted by molar-refractivity contribution is -0.181. The normalized spacial score (nSPS) is 19.8. The van der Waals surface area contributed by atoms with Crippen LogP contribution in [0.1, 0.15) is 90.3 Å². The maximum atomic E-state index is 13.0. The molecule has 0 radical (unpaired) electrons. The summed E-state index contributed by atoms with van der Waals surface area (Å²) in [6.45, 7) is 11.3. The van der Waals surface area contributed by atoms with Gasteiger partial charge < -0.3 is 18.6 Å². The minimum absolute atomic E-state index is 0.155. The Kier molecular flexibility index (Phi) is 9.35. The van der Waals surface area contributed by atoms with E-state index in [1.807, 2.05) is 27.7 Å². The van der Waals surface area contributed by atoms with Crippen molar-refractivity contribution in [3.8, 4) is 11.5 Å². The summed E-state index contributed by atoms with van der Waals surface area (Å²) in [5.74, 6) is 0.944. The number of benzene rings is 1. The van der Waals surface area contributed by atoms with E-state index in [-0.39, 0.29) is 23.8 Å². The number of rotatable bonds is 9. The Morgan fingerprint density at radius 2 is 1.76 bits per heavy atom. The van der Waals surface area contributed by atoms with E-state index in [1.165, 1.54) is 12.1 Å². The van der Waals surface area contributed by atoms with E-state index < -0.39 is 28.9 Å². The Balaban J connectivity index is 1.72. The van der Waals surface area contributed by atoms with Crippen molar-refractivity contribution in [2.45, 2.75) is 97.1 Å². The minimum atomic E-state index is -4.40. The SMILES string of the molecule is CCc1oc(-c2ccc(C(F)(F)F)cc2)nc1C(OC)[C@@H]1CCC[C@H](COC(C)(C)C(=O)OC(C)(C)C)C1. The molecular formula is C29H40F3NO5. The fourth-order valence-corrected chi connectivity index (χ4v) is 4.84. The molecular weight excluding hydrogens is 499 g/mol. The van der Waals surface area contributed by atoms with Gasteiger partial charge in [0.2, 0.25) is 5.89 Å². The first kappa shape index (κ1) is 30.2. The Morgan fingerprint density at radius 3 is 2.32 bits per heavy atom. The average molecular weight is 540 g/mol. The summed E-state index contributed by atoms with van der Waals surface area (Å²) in [6.07, 6.45) is -0.418. The van der Waals surface area contributed by atoms with Gasteiger partial charge in [0.1, 0.15) is 23.2 Å². The molecule has 1 aromatic carbocycles. The smallest absolute Gasteiger partial charge is 0.416 e. The summed E-state index contributed by atoms with van der Waals surface area (Å²) in [6, 6.07) is 4.81. The van der Waals surface area contributed by atoms with Gasteiger partial charge in [-0.2, -0.15) is 13.2 Å². The van der Waals surface area contributed by atoms with E-state index in [4.69, 9.17) is 23.6 Å². The van der Waals surface area contributed by atoms with Gasteiger partial charge in [-0.1, -0.05) is 13.3 Å². The molecule has 3 rings (SSSR count). The van der Waals surface area contributed by atoms with Crippen molar-refractivity contribution in [1.29, 1.82) is 0 Å². The third kappa shape index (κ3) is 7.59. The Morgan fingerprint density at radius 1 is 1.11 bits per heavy atom. The topological polar surface area (TPSA) is 70.8 Å². The molecule has 1 unspecified atom stereocenters. The number of esters is 1. The first-order valence-electron chi connectivity index (χ1n) is 13.2. The molecule has 38 heavy (non-hydrogen) atoms. The summed E-state index contributed by atoms with van der Waals surface area (Å²) < 4.78 is 62.4. The molecule has 1 aliphatic carbocycles. The third-order valence-electron chi connectivity index (χ3n) is 6.85. The van der Waals surface area contributed by atoms with Gasteiger partial charge >= 0.3 is 12.1 Å². The lowest BCUT2D eigenvalue weighted by atomic mass is 9.78. The van der Waals surface area contributed by atoms with Gasteiger partial charge in [-0.3, -0.25) is 0 Å². The number of aryl methyl sites for hydroxylation is 1. The monoisotopic (exact) mass is 539 g/mol. The fraction of sp³-hybridized carbons (Fsp3) is 0.655. The highest BCUT2D eigenvalue weighted by Gasteiger charge is 2.37. The minimum Gasteiger partial charge on any atom is -0.458 e. The van der Waals surface area contributed by atoms with Crippen molar-refractivity contribution < 1.29 is 36.6 Å². The predicted octanol–water partition coefficient (Wildman–Crippen LogP) is 7.55. The molecule has 212 valence electrons. The molecule has 0 amide bonds. The van der Waals surface area contributed by atoms with Gasteiger partial charge in [0.15, 0.2) is 5.60 Å². The summed E-state index contributed by atoms with van der Waals surface area (Å²) in [5, 5.41) is 0. The van der Waals surface area contributed by atoms with Gasteiger partial charge in [0.25, 0.3) is 0 Å². The van der Waals surface area contributed by atoms with Gasteiger partial charge in [-0.25, -0.2) is 9.78 Å². The molecule has 3 atom stereocenters. The maximum Gasteiger partial charge on any atom is 0.416 e. The number of carbonyl (C=O) groups excluding carboxylic acids is 1. The van der Waals surface area contributed by atoms with Crippen LogP contribution in [0.5, 0.6) is 0 Å². The van der Waals surface area contributed by atoms with E-state index in [0.29, 0.717) is 30.0 Å². The molecule has 0 aliphatic heterocycles. The molecule has 0 saturated heterocycles. The Hall–Kier alpha value is -2.39. The summed E-state index contributed by atoms with van der Waals surface area (Å²) in [7, 11) is 1.64. The molecule has 9 heteroatoms. The number of oxazole rings is 1. The zero-order valence-electron chi connectivity index (χ0n) is 23.4. The highest BCUT2D eigenvalue weighted by molar-refractivity contribution is 5.78. The quantitative estimate of drug-likeness (QED) is 0.306. The van der Waals surface area contributed by atoms with Gasteiger partial charge in [0.05, 0.1) is 12.2 Å². The predicted molar refractivity (Wildman–Crippen MR) is 137 cm³/mol. The number of hydrogen-bond donors (Lipinski definition) is 0. The number of aromatic nitrogens is 1. The highest BCUT2D eigenvalue weighted by Crippen LogP contribution is 2.41. The van der Waals surface area contributed by atoms with Crippen LogP contribution in [-0.2, 0) is 31.6 Å². The van der Waals surface area contributed by atoms with E-state index in [1.54, 1.807) is 21.0 Å². The van der Waals surface area contributed by atoms with Crippen LogP contribution in [0.3, 0.4) is 0 Å². The van der Waals surface area contributed by atoms with Crippen molar-refractivity contribution >= 4 is 5.97 Å². The second kappa shape index (κ2) is 11.8. The number of methoxy groups -OCH3 is 1. The number of hydrogen-bond acceptors (Lipinski definition) is 6. The number of halogens is 3. The molecule has 0 bridgehead atoms. The van der Waals surface area contributed by atoms with Gasteiger partial charge in [-0.15, -0.1) is 0 Å². The fourth-order valence-electron chi connectivity index (χ4n) is 4.84. The molecule has 1 aliphatic rings. The largest absolute Gasteiger partial charge is 0.458 e. The molecule has 0 spiro atoms. The summed E-state index contributed by atoms with van der Waals surface area (Å²) >= 11 is 0. The molecule has 2 aromatic rings. The van der Waals surface area contributed by atoms with Crippen LogP contribution in [0.2, 0.25) is 0 Å². The number of nitrogens with zero attached hydrogens (tertiary/aromatic N) is 1. The van der Waals surface area contributed by atoms with Crippen LogP contribution in [0.4, 0.5) is 13.2 Å². The number of carbonyl (C=O) groups is 1. The van der Waals surface area contributed by atoms with Gasteiger partial charge in [0, 0.05) is 19.1 Å². The Bertz CT molecular complexity index is 1070. The van der Waals surface area contributed by atoms with Crippen molar-refractivity contribution in [3.05, 3.63) is 41.3 Å². The van der Waals surface area contributed by atoms with Gasteiger partial charge in [-0.05, 0) is 90.0 Å².